The number of likely N-dealkylation sites (tertiary alicyclic amines) is 1. The summed E-state index contributed by atoms with van der Waals surface area (Å²) in [6, 6.07) is 7.77. The average molecular weight is 447 g/mol. The number of hydrogen-bond acceptors (Lipinski definition) is 7. The molecule has 8 heteroatoms. The van der Waals surface area contributed by atoms with E-state index < -0.39 is 5.60 Å². The first-order valence-corrected chi connectivity index (χ1v) is 11.1. The number of carbonyl (C=O) groups is 1. The highest BCUT2D eigenvalue weighted by atomic mass is 16.5. The molecule has 3 aromatic rings. The van der Waals surface area contributed by atoms with E-state index in [2.05, 4.69) is 15.0 Å². The van der Waals surface area contributed by atoms with Crippen LogP contribution in [0.4, 0.5) is 5.95 Å². The molecular formula is C25H30N6O2. The van der Waals surface area contributed by atoms with Crippen LogP contribution in [0.3, 0.4) is 0 Å². The van der Waals surface area contributed by atoms with Crippen LogP contribution in [0.2, 0.25) is 0 Å². The number of amides is 1. The van der Waals surface area contributed by atoms with E-state index in [-0.39, 0.29) is 11.8 Å². The molecule has 0 radical (unpaired) electrons. The van der Waals surface area contributed by atoms with Gasteiger partial charge in [-0.1, -0.05) is 12.1 Å². The monoisotopic (exact) mass is 446 g/mol. The van der Waals surface area contributed by atoms with Gasteiger partial charge < -0.3 is 14.5 Å². The van der Waals surface area contributed by atoms with Gasteiger partial charge in [0.2, 0.25) is 5.95 Å². The van der Waals surface area contributed by atoms with Crippen LogP contribution in [-0.2, 0) is 4.79 Å². The Hall–Kier alpha value is -3.55. The van der Waals surface area contributed by atoms with Crippen molar-refractivity contribution in [1.82, 2.24) is 24.8 Å². The summed E-state index contributed by atoms with van der Waals surface area (Å²) in [7, 11) is 3.83. The lowest BCUT2D eigenvalue weighted by atomic mass is 9.97. The predicted octanol–water partition coefficient (Wildman–Crippen LogP) is 3.48. The van der Waals surface area contributed by atoms with Crippen LogP contribution in [0.5, 0.6) is 5.75 Å². The summed E-state index contributed by atoms with van der Waals surface area (Å²) in [5.41, 5.74) is 2.80. The number of hydrogen-bond donors (Lipinski definition) is 0. The SMILES string of the molecule is Cc1cccc(OC(C)(C)C(=O)N2CC[C@H](c3nc(N(C)C)ncc3-c3cncnc3)C2)c1. The fraction of sp³-hybridized carbons (Fsp3) is 0.400. The van der Waals surface area contributed by atoms with Crippen LogP contribution < -0.4 is 9.64 Å². The molecule has 0 N–H and O–H groups in total. The van der Waals surface area contributed by atoms with E-state index >= 15 is 0 Å². The van der Waals surface area contributed by atoms with Gasteiger partial charge in [0.15, 0.2) is 5.60 Å². The maximum atomic E-state index is 13.4. The summed E-state index contributed by atoms with van der Waals surface area (Å²) in [5.74, 6) is 1.39. The fourth-order valence-corrected chi connectivity index (χ4v) is 4.14. The third kappa shape index (κ3) is 4.94. The van der Waals surface area contributed by atoms with Crippen molar-refractivity contribution in [1.29, 1.82) is 0 Å². The van der Waals surface area contributed by atoms with Crippen LogP contribution in [-0.4, -0.2) is 63.5 Å². The van der Waals surface area contributed by atoms with Gasteiger partial charge in [-0.05, 0) is 44.9 Å². The highest BCUT2D eigenvalue weighted by Gasteiger charge is 2.39. The number of aryl methyl sites for hydroxylation is 1. The minimum Gasteiger partial charge on any atom is -0.478 e. The second-order valence-electron chi connectivity index (χ2n) is 9.16. The van der Waals surface area contributed by atoms with Crippen molar-refractivity contribution in [3.63, 3.8) is 0 Å². The van der Waals surface area contributed by atoms with E-state index in [1.54, 1.807) is 12.4 Å². The molecule has 0 saturated carbocycles. The van der Waals surface area contributed by atoms with E-state index in [0.29, 0.717) is 24.8 Å². The quantitative estimate of drug-likeness (QED) is 0.573. The summed E-state index contributed by atoms with van der Waals surface area (Å²) in [4.78, 5) is 34.8. The molecule has 172 valence electrons. The highest BCUT2D eigenvalue weighted by molar-refractivity contribution is 5.85. The molecule has 1 amide bonds. The summed E-state index contributed by atoms with van der Waals surface area (Å²) >= 11 is 0. The summed E-state index contributed by atoms with van der Waals surface area (Å²) in [5, 5.41) is 0. The third-order valence-electron chi connectivity index (χ3n) is 5.82. The van der Waals surface area contributed by atoms with Crippen molar-refractivity contribution in [2.24, 2.45) is 0 Å². The first-order chi connectivity index (χ1) is 15.7. The van der Waals surface area contributed by atoms with Crippen molar-refractivity contribution in [2.45, 2.75) is 38.7 Å². The maximum Gasteiger partial charge on any atom is 0.266 e. The zero-order chi connectivity index (χ0) is 23.6. The molecule has 0 spiro atoms. The Kier molecular flexibility index (Phi) is 6.26. The average Bonchev–Trinajstić information content (AvgIpc) is 3.28. The number of benzene rings is 1. The minimum absolute atomic E-state index is 0.0296. The van der Waals surface area contributed by atoms with E-state index in [1.165, 1.54) is 6.33 Å². The molecule has 0 unspecified atom stereocenters. The standard InChI is InChI=1S/C25H30N6O2/c1-17-7-6-8-20(11-17)33-25(2,3)23(32)31-10-9-18(15-31)22-21(19-12-26-16-27-13-19)14-28-24(29-22)30(4)5/h6-8,11-14,16,18H,9-10,15H2,1-5H3/t18-/m0/s1. The lowest BCUT2D eigenvalue weighted by molar-refractivity contribution is -0.144. The molecule has 3 heterocycles. The zero-order valence-corrected chi connectivity index (χ0v) is 19.8. The van der Waals surface area contributed by atoms with Crippen LogP contribution in [0.1, 0.15) is 37.4 Å². The molecule has 1 aromatic carbocycles. The van der Waals surface area contributed by atoms with E-state index in [1.807, 2.05) is 75.1 Å². The molecule has 1 atom stereocenters. The van der Waals surface area contributed by atoms with E-state index in [4.69, 9.17) is 9.72 Å². The largest absolute Gasteiger partial charge is 0.478 e. The number of rotatable bonds is 6. The number of anilines is 1. The Bertz CT molecular complexity index is 1130. The van der Waals surface area contributed by atoms with Crippen molar-refractivity contribution in [3.05, 3.63) is 60.4 Å². The Balaban J connectivity index is 1.57. The Morgan fingerprint density at radius 1 is 1.18 bits per heavy atom. The summed E-state index contributed by atoms with van der Waals surface area (Å²) in [6.45, 7) is 6.88. The van der Waals surface area contributed by atoms with Crippen LogP contribution >= 0.6 is 0 Å². The zero-order valence-electron chi connectivity index (χ0n) is 19.8. The molecule has 1 fully saturated rings. The fourth-order valence-electron chi connectivity index (χ4n) is 4.14. The van der Waals surface area contributed by atoms with Crippen molar-refractivity contribution < 1.29 is 9.53 Å². The first kappa shape index (κ1) is 22.6. The molecule has 1 aliphatic heterocycles. The second-order valence-corrected chi connectivity index (χ2v) is 9.16. The maximum absolute atomic E-state index is 13.4. The van der Waals surface area contributed by atoms with Gasteiger partial charge >= 0.3 is 0 Å². The Morgan fingerprint density at radius 2 is 1.94 bits per heavy atom. The minimum atomic E-state index is -0.973. The first-order valence-electron chi connectivity index (χ1n) is 11.1. The Labute approximate surface area is 194 Å². The molecule has 2 aromatic heterocycles. The van der Waals surface area contributed by atoms with Crippen molar-refractivity contribution in [3.8, 4) is 16.9 Å². The van der Waals surface area contributed by atoms with Gasteiger partial charge in [0.25, 0.3) is 5.91 Å². The molecule has 0 bridgehead atoms. The number of aromatic nitrogens is 4. The predicted molar refractivity (Wildman–Crippen MR) is 127 cm³/mol. The number of carbonyl (C=O) groups excluding carboxylic acids is 1. The number of ether oxygens (including phenoxy) is 1. The molecule has 4 rings (SSSR count). The smallest absolute Gasteiger partial charge is 0.266 e. The molecule has 33 heavy (non-hydrogen) atoms. The topological polar surface area (TPSA) is 84.3 Å². The van der Waals surface area contributed by atoms with Gasteiger partial charge in [-0.15, -0.1) is 0 Å². The Morgan fingerprint density at radius 3 is 2.64 bits per heavy atom. The van der Waals surface area contributed by atoms with Gasteiger partial charge in [-0.25, -0.2) is 19.9 Å². The van der Waals surface area contributed by atoms with Gasteiger partial charge in [-0.3, -0.25) is 4.79 Å². The van der Waals surface area contributed by atoms with Gasteiger partial charge in [-0.2, -0.15) is 0 Å². The molecule has 1 saturated heterocycles. The van der Waals surface area contributed by atoms with Gasteiger partial charge in [0, 0.05) is 62.8 Å². The van der Waals surface area contributed by atoms with Crippen LogP contribution in [0.15, 0.2) is 49.2 Å². The second kappa shape index (κ2) is 9.13. The van der Waals surface area contributed by atoms with Crippen LogP contribution in [0.25, 0.3) is 11.1 Å². The van der Waals surface area contributed by atoms with E-state index in [0.717, 1.165) is 28.8 Å². The summed E-state index contributed by atoms with van der Waals surface area (Å²) in [6.07, 6.45) is 7.68. The van der Waals surface area contributed by atoms with Gasteiger partial charge in [0.1, 0.15) is 12.1 Å². The molecule has 8 nitrogen and oxygen atoms in total. The van der Waals surface area contributed by atoms with Crippen molar-refractivity contribution >= 4 is 11.9 Å². The van der Waals surface area contributed by atoms with E-state index in [9.17, 15) is 4.79 Å². The lowest BCUT2D eigenvalue weighted by Crippen LogP contribution is -2.48. The molecular weight excluding hydrogens is 416 g/mol. The van der Waals surface area contributed by atoms with Crippen LogP contribution in [0, 0.1) is 6.92 Å². The summed E-state index contributed by atoms with van der Waals surface area (Å²) < 4.78 is 6.10. The van der Waals surface area contributed by atoms with Gasteiger partial charge in [0.05, 0.1) is 5.69 Å². The third-order valence-corrected chi connectivity index (χ3v) is 5.82. The highest BCUT2D eigenvalue weighted by Crippen LogP contribution is 2.35. The lowest BCUT2D eigenvalue weighted by Gasteiger charge is -2.30. The molecule has 0 aliphatic carbocycles. The normalized spacial score (nSPS) is 16.0. The number of nitrogens with zero attached hydrogens (tertiary/aromatic N) is 6. The van der Waals surface area contributed by atoms with Crippen molar-refractivity contribution in [2.75, 3.05) is 32.1 Å². The molecule has 1 aliphatic rings.